The normalized spacial score (nSPS) is 15.8. The smallest absolute Gasteiger partial charge is 0.229 e. The lowest BCUT2D eigenvalue weighted by Gasteiger charge is -2.19. The van der Waals surface area contributed by atoms with E-state index in [0.29, 0.717) is 18.0 Å². The molecule has 0 unspecified atom stereocenters. The highest BCUT2D eigenvalue weighted by atomic mass is 16.5. The molecule has 0 aromatic heterocycles. The molecule has 5 heteroatoms. The van der Waals surface area contributed by atoms with E-state index in [1.165, 1.54) is 5.56 Å². The highest BCUT2D eigenvalue weighted by molar-refractivity contribution is 6.03. The van der Waals surface area contributed by atoms with Crippen molar-refractivity contribution in [3.05, 3.63) is 83.4 Å². The number of nitrogens with zero attached hydrogens (tertiary/aromatic N) is 1. The number of anilines is 2. The van der Waals surface area contributed by atoms with Gasteiger partial charge >= 0.3 is 0 Å². The van der Waals surface area contributed by atoms with Gasteiger partial charge in [-0.25, -0.2) is 0 Å². The van der Waals surface area contributed by atoms with E-state index in [0.717, 1.165) is 22.6 Å². The Hall–Kier alpha value is -3.60. The van der Waals surface area contributed by atoms with Gasteiger partial charge in [-0.2, -0.15) is 0 Å². The maximum absolute atomic E-state index is 12.8. The van der Waals surface area contributed by atoms with Gasteiger partial charge < -0.3 is 15.0 Å². The number of carbonyl (C=O) groups is 2. The van der Waals surface area contributed by atoms with Crippen molar-refractivity contribution >= 4 is 23.2 Å². The van der Waals surface area contributed by atoms with Gasteiger partial charge in [0.2, 0.25) is 11.8 Å². The van der Waals surface area contributed by atoms with E-state index in [1.807, 2.05) is 75.4 Å². The molecule has 0 bridgehead atoms. The number of benzene rings is 3. The van der Waals surface area contributed by atoms with Crippen LogP contribution in [0.5, 0.6) is 11.5 Å². The standard InChI is InChI=1S/C26H26N2O3/c1-17-5-10-22(11-6-17)31-23-12-8-21(9-13-23)27-26(30)20-15-25(29)28(16-20)24-14-18(2)4-7-19(24)3/h4-14,20H,15-16H2,1-3H3,(H,27,30)/t20-/m1/s1. The second-order valence-corrected chi connectivity index (χ2v) is 8.12. The van der Waals surface area contributed by atoms with Crippen LogP contribution in [-0.2, 0) is 9.59 Å². The quantitative estimate of drug-likeness (QED) is 0.608. The fourth-order valence-electron chi connectivity index (χ4n) is 3.72. The van der Waals surface area contributed by atoms with Gasteiger partial charge in [-0.1, -0.05) is 29.8 Å². The lowest BCUT2D eigenvalue weighted by atomic mass is 10.1. The molecule has 0 saturated carbocycles. The summed E-state index contributed by atoms with van der Waals surface area (Å²) in [5, 5.41) is 2.93. The summed E-state index contributed by atoms with van der Waals surface area (Å²) in [5.41, 5.74) is 4.86. The summed E-state index contributed by atoms with van der Waals surface area (Å²) in [5.74, 6) is 0.914. The average Bonchev–Trinajstić information content (AvgIpc) is 3.14. The first-order chi connectivity index (χ1) is 14.9. The Labute approximate surface area is 182 Å². The molecule has 0 aliphatic carbocycles. The largest absolute Gasteiger partial charge is 0.457 e. The van der Waals surface area contributed by atoms with Gasteiger partial charge in [-0.05, 0) is 74.4 Å². The Bertz CT molecular complexity index is 1100. The van der Waals surface area contributed by atoms with E-state index < -0.39 is 0 Å². The van der Waals surface area contributed by atoms with Crippen molar-refractivity contribution in [2.75, 3.05) is 16.8 Å². The van der Waals surface area contributed by atoms with E-state index in [2.05, 4.69) is 5.32 Å². The summed E-state index contributed by atoms with van der Waals surface area (Å²) in [4.78, 5) is 27.1. The van der Waals surface area contributed by atoms with Gasteiger partial charge in [0.1, 0.15) is 11.5 Å². The summed E-state index contributed by atoms with van der Waals surface area (Å²) in [7, 11) is 0. The number of aryl methyl sites for hydroxylation is 3. The van der Waals surface area contributed by atoms with Crippen LogP contribution in [-0.4, -0.2) is 18.4 Å². The number of hydrogen-bond donors (Lipinski definition) is 1. The van der Waals surface area contributed by atoms with Crippen molar-refractivity contribution in [1.29, 1.82) is 0 Å². The third-order valence-corrected chi connectivity index (χ3v) is 5.53. The van der Waals surface area contributed by atoms with Crippen LogP contribution >= 0.6 is 0 Å². The van der Waals surface area contributed by atoms with Crippen LogP contribution in [0.3, 0.4) is 0 Å². The third kappa shape index (κ3) is 4.77. The number of carbonyl (C=O) groups excluding carboxylic acids is 2. The minimum absolute atomic E-state index is 0.0179. The van der Waals surface area contributed by atoms with Gasteiger partial charge in [-0.3, -0.25) is 9.59 Å². The summed E-state index contributed by atoms with van der Waals surface area (Å²) in [6.07, 6.45) is 0.216. The molecule has 1 atom stereocenters. The highest BCUT2D eigenvalue weighted by Gasteiger charge is 2.35. The first-order valence-electron chi connectivity index (χ1n) is 10.4. The molecule has 2 amide bonds. The molecule has 3 aromatic rings. The van der Waals surface area contributed by atoms with Crippen LogP contribution < -0.4 is 15.0 Å². The minimum atomic E-state index is -0.379. The number of amides is 2. The average molecular weight is 415 g/mol. The maximum Gasteiger partial charge on any atom is 0.229 e. The maximum atomic E-state index is 12.8. The van der Waals surface area contributed by atoms with Gasteiger partial charge in [0.15, 0.2) is 0 Å². The Kier molecular flexibility index (Phi) is 5.76. The van der Waals surface area contributed by atoms with E-state index in [1.54, 1.807) is 17.0 Å². The molecular formula is C26H26N2O3. The van der Waals surface area contributed by atoms with Gasteiger partial charge in [0, 0.05) is 24.3 Å². The Morgan fingerprint density at radius 2 is 1.52 bits per heavy atom. The van der Waals surface area contributed by atoms with E-state index in [4.69, 9.17) is 4.74 Å². The molecular weight excluding hydrogens is 388 g/mol. The van der Waals surface area contributed by atoms with Crippen molar-refractivity contribution < 1.29 is 14.3 Å². The van der Waals surface area contributed by atoms with Gasteiger partial charge in [0.25, 0.3) is 0 Å². The summed E-state index contributed by atoms with van der Waals surface area (Å²) in [6, 6.07) is 21.1. The predicted octanol–water partition coefficient (Wildman–Crippen LogP) is 5.40. The monoisotopic (exact) mass is 414 g/mol. The molecule has 31 heavy (non-hydrogen) atoms. The molecule has 4 rings (SSSR count). The lowest BCUT2D eigenvalue weighted by Crippen LogP contribution is -2.28. The molecule has 0 spiro atoms. The van der Waals surface area contributed by atoms with E-state index >= 15 is 0 Å². The zero-order valence-corrected chi connectivity index (χ0v) is 18.0. The van der Waals surface area contributed by atoms with Crippen LogP contribution in [0.1, 0.15) is 23.1 Å². The number of nitrogens with one attached hydrogen (secondary N) is 1. The summed E-state index contributed by atoms with van der Waals surface area (Å²) in [6.45, 7) is 6.40. The molecule has 1 N–H and O–H groups in total. The molecule has 1 aliphatic rings. The Balaban J connectivity index is 1.38. The molecule has 1 fully saturated rings. The van der Waals surface area contributed by atoms with Gasteiger partial charge in [0.05, 0.1) is 5.92 Å². The molecule has 5 nitrogen and oxygen atoms in total. The third-order valence-electron chi connectivity index (χ3n) is 5.53. The summed E-state index contributed by atoms with van der Waals surface area (Å²) >= 11 is 0. The zero-order chi connectivity index (χ0) is 22.0. The molecule has 1 saturated heterocycles. The fraction of sp³-hybridized carbons (Fsp3) is 0.231. The second kappa shape index (κ2) is 8.64. The summed E-state index contributed by atoms with van der Waals surface area (Å²) < 4.78 is 5.83. The zero-order valence-electron chi connectivity index (χ0n) is 18.0. The SMILES string of the molecule is Cc1ccc(Oc2ccc(NC(=O)[C@@H]3CC(=O)N(c4cc(C)ccc4C)C3)cc2)cc1. The molecule has 3 aromatic carbocycles. The number of hydrogen-bond acceptors (Lipinski definition) is 3. The van der Waals surface area contributed by atoms with Crippen LogP contribution in [0.2, 0.25) is 0 Å². The van der Waals surface area contributed by atoms with E-state index in [9.17, 15) is 9.59 Å². The minimum Gasteiger partial charge on any atom is -0.457 e. The number of rotatable bonds is 5. The lowest BCUT2D eigenvalue weighted by molar-refractivity contribution is -0.122. The Morgan fingerprint density at radius 3 is 2.19 bits per heavy atom. The molecule has 158 valence electrons. The predicted molar refractivity (Wildman–Crippen MR) is 123 cm³/mol. The first-order valence-corrected chi connectivity index (χ1v) is 10.4. The van der Waals surface area contributed by atoms with Crippen LogP contribution in [0, 0.1) is 26.7 Å². The Morgan fingerprint density at radius 1 is 0.903 bits per heavy atom. The van der Waals surface area contributed by atoms with Crippen LogP contribution in [0.15, 0.2) is 66.7 Å². The van der Waals surface area contributed by atoms with Crippen molar-refractivity contribution in [3.8, 4) is 11.5 Å². The van der Waals surface area contributed by atoms with Gasteiger partial charge in [-0.15, -0.1) is 0 Å². The first kappa shape index (κ1) is 20.7. The van der Waals surface area contributed by atoms with Crippen molar-refractivity contribution in [2.24, 2.45) is 5.92 Å². The van der Waals surface area contributed by atoms with Crippen molar-refractivity contribution in [3.63, 3.8) is 0 Å². The van der Waals surface area contributed by atoms with Crippen LogP contribution in [0.25, 0.3) is 0 Å². The van der Waals surface area contributed by atoms with E-state index in [-0.39, 0.29) is 24.2 Å². The van der Waals surface area contributed by atoms with Crippen LogP contribution in [0.4, 0.5) is 11.4 Å². The van der Waals surface area contributed by atoms with Crippen molar-refractivity contribution in [2.45, 2.75) is 27.2 Å². The number of ether oxygens (including phenoxy) is 1. The molecule has 1 heterocycles. The molecule has 0 radical (unpaired) electrons. The van der Waals surface area contributed by atoms with Crippen molar-refractivity contribution in [1.82, 2.24) is 0 Å². The topological polar surface area (TPSA) is 58.6 Å². The highest BCUT2D eigenvalue weighted by Crippen LogP contribution is 2.30. The molecule has 1 aliphatic heterocycles. The fourth-order valence-corrected chi connectivity index (χ4v) is 3.72. The second-order valence-electron chi connectivity index (χ2n) is 8.12.